The highest BCUT2D eigenvalue weighted by Crippen LogP contribution is 2.29. The zero-order valence-corrected chi connectivity index (χ0v) is 19.6. The van der Waals surface area contributed by atoms with Crippen molar-refractivity contribution in [2.75, 3.05) is 20.1 Å². The maximum Gasteiger partial charge on any atom is 0.191 e. The highest BCUT2D eigenvalue weighted by Gasteiger charge is 2.12. The number of rotatable bonds is 7. The number of aliphatic hydroxyl groups excluding tert-OH is 1. The van der Waals surface area contributed by atoms with Gasteiger partial charge in [-0.25, -0.2) is 0 Å². The number of aromatic nitrogens is 2. The highest BCUT2D eigenvalue weighted by molar-refractivity contribution is 14.0. The molecule has 1 unspecified atom stereocenters. The molecule has 2 aromatic heterocycles. The number of aryl methyl sites for hydroxylation is 3. The summed E-state index contributed by atoms with van der Waals surface area (Å²) >= 11 is 1.63. The van der Waals surface area contributed by atoms with Crippen LogP contribution in [-0.4, -0.2) is 41.0 Å². The van der Waals surface area contributed by atoms with Crippen molar-refractivity contribution >= 4 is 51.4 Å². The van der Waals surface area contributed by atoms with Crippen molar-refractivity contribution in [1.29, 1.82) is 0 Å². The van der Waals surface area contributed by atoms with Gasteiger partial charge in [0.2, 0.25) is 0 Å². The minimum absolute atomic E-state index is 0. The number of aliphatic imine (C=N–C) groups is 1. The van der Waals surface area contributed by atoms with Gasteiger partial charge in [-0.3, -0.25) is 9.67 Å². The van der Waals surface area contributed by atoms with Gasteiger partial charge in [-0.1, -0.05) is 18.2 Å². The molecule has 8 heteroatoms. The van der Waals surface area contributed by atoms with Crippen LogP contribution in [0.2, 0.25) is 0 Å². The largest absolute Gasteiger partial charge is 0.386 e. The SMILES string of the molecule is CN=C(NCCCn1nc(C)cc1C)NCC(O)c1cc2ccccc2s1.I. The molecular formula is C20H28IN5OS. The van der Waals surface area contributed by atoms with Gasteiger partial charge in [-0.15, -0.1) is 35.3 Å². The fraction of sp³-hybridized carbons (Fsp3) is 0.400. The molecule has 0 saturated carbocycles. The lowest BCUT2D eigenvalue weighted by Crippen LogP contribution is -2.39. The fourth-order valence-electron chi connectivity index (χ4n) is 3.02. The summed E-state index contributed by atoms with van der Waals surface area (Å²) in [4.78, 5) is 5.19. The Morgan fingerprint density at radius 1 is 1.25 bits per heavy atom. The van der Waals surface area contributed by atoms with Gasteiger partial charge >= 0.3 is 0 Å². The average Bonchev–Trinajstić information content (AvgIpc) is 3.23. The van der Waals surface area contributed by atoms with Gasteiger partial charge in [0.05, 0.1) is 5.69 Å². The lowest BCUT2D eigenvalue weighted by atomic mass is 10.2. The first-order chi connectivity index (χ1) is 13.1. The van der Waals surface area contributed by atoms with Crippen LogP contribution in [-0.2, 0) is 6.54 Å². The van der Waals surface area contributed by atoms with E-state index in [4.69, 9.17) is 0 Å². The van der Waals surface area contributed by atoms with Crippen LogP contribution in [0.15, 0.2) is 41.4 Å². The van der Waals surface area contributed by atoms with Crippen LogP contribution < -0.4 is 10.6 Å². The van der Waals surface area contributed by atoms with E-state index in [0.29, 0.717) is 12.5 Å². The van der Waals surface area contributed by atoms with Crippen LogP contribution in [0.3, 0.4) is 0 Å². The third-order valence-corrected chi connectivity index (χ3v) is 5.62. The molecule has 0 bridgehead atoms. The fourth-order valence-corrected chi connectivity index (χ4v) is 4.07. The van der Waals surface area contributed by atoms with E-state index >= 15 is 0 Å². The smallest absolute Gasteiger partial charge is 0.191 e. The number of fused-ring (bicyclic) bond motifs is 1. The van der Waals surface area contributed by atoms with E-state index in [-0.39, 0.29) is 24.0 Å². The molecule has 28 heavy (non-hydrogen) atoms. The minimum Gasteiger partial charge on any atom is -0.386 e. The molecule has 0 aliphatic heterocycles. The Hall–Kier alpha value is -1.65. The lowest BCUT2D eigenvalue weighted by Gasteiger charge is -2.14. The van der Waals surface area contributed by atoms with E-state index in [1.54, 1.807) is 18.4 Å². The zero-order chi connectivity index (χ0) is 19.2. The molecule has 0 radical (unpaired) electrons. The van der Waals surface area contributed by atoms with Crippen LogP contribution in [0.1, 0.15) is 28.8 Å². The van der Waals surface area contributed by atoms with Gasteiger partial charge in [0.1, 0.15) is 6.10 Å². The van der Waals surface area contributed by atoms with Gasteiger partial charge in [0, 0.05) is 42.0 Å². The van der Waals surface area contributed by atoms with Crippen LogP contribution in [0.4, 0.5) is 0 Å². The maximum atomic E-state index is 10.5. The van der Waals surface area contributed by atoms with Gasteiger partial charge in [0.15, 0.2) is 5.96 Å². The average molecular weight is 513 g/mol. The number of nitrogens with one attached hydrogen (secondary N) is 2. The van der Waals surface area contributed by atoms with Crippen LogP contribution in [0.25, 0.3) is 10.1 Å². The van der Waals surface area contributed by atoms with Crippen LogP contribution >= 0.6 is 35.3 Å². The second kappa shape index (κ2) is 10.8. The summed E-state index contributed by atoms with van der Waals surface area (Å²) in [7, 11) is 1.74. The van der Waals surface area contributed by atoms with Crippen molar-refractivity contribution in [1.82, 2.24) is 20.4 Å². The number of hydrogen-bond donors (Lipinski definition) is 3. The molecule has 3 N–H and O–H groups in total. The lowest BCUT2D eigenvalue weighted by molar-refractivity contribution is 0.184. The summed E-state index contributed by atoms with van der Waals surface area (Å²) in [6.45, 7) is 6.16. The van der Waals surface area contributed by atoms with E-state index < -0.39 is 6.10 Å². The van der Waals surface area contributed by atoms with E-state index in [1.165, 1.54) is 15.8 Å². The molecule has 152 valence electrons. The number of benzene rings is 1. The van der Waals surface area contributed by atoms with Crippen molar-refractivity contribution in [3.05, 3.63) is 52.7 Å². The number of aliphatic hydroxyl groups is 1. The molecule has 1 atom stereocenters. The second-order valence-corrected chi connectivity index (χ2v) is 7.70. The summed E-state index contributed by atoms with van der Waals surface area (Å²) < 4.78 is 3.22. The molecule has 3 aromatic rings. The van der Waals surface area contributed by atoms with Crippen molar-refractivity contribution in [2.45, 2.75) is 32.9 Å². The molecule has 3 rings (SSSR count). The number of nitrogens with zero attached hydrogens (tertiary/aromatic N) is 3. The number of guanidine groups is 1. The van der Waals surface area contributed by atoms with Crippen LogP contribution in [0.5, 0.6) is 0 Å². The quantitative estimate of drug-likeness (QED) is 0.195. The third kappa shape index (κ3) is 5.92. The Kier molecular flexibility index (Phi) is 8.71. The summed E-state index contributed by atoms with van der Waals surface area (Å²) in [5.74, 6) is 0.698. The normalized spacial score (nSPS) is 12.6. The maximum absolute atomic E-state index is 10.5. The topological polar surface area (TPSA) is 74.5 Å². The Morgan fingerprint density at radius 3 is 2.71 bits per heavy atom. The van der Waals surface area contributed by atoms with E-state index in [1.807, 2.05) is 23.7 Å². The van der Waals surface area contributed by atoms with E-state index in [2.05, 4.69) is 51.9 Å². The van der Waals surface area contributed by atoms with Crippen molar-refractivity contribution in [3.63, 3.8) is 0 Å². The van der Waals surface area contributed by atoms with E-state index in [9.17, 15) is 5.11 Å². The number of thiophene rings is 1. The molecule has 0 amide bonds. The monoisotopic (exact) mass is 513 g/mol. The Labute approximate surface area is 187 Å². The molecule has 0 saturated heterocycles. The molecule has 0 aliphatic rings. The standard InChI is InChI=1S/C20H27N5OS.HI/c1-14-11-15(2)25(24-14)10-6-9-22-20(21-3)23-13-17(26)19-12-16-7-4-5-8-18(16)27-19;/h4-5,7-8,11-12,17,26H,6,9-10,13H2,1-3H3,(H2,21,22,23);1H. The Bertz CT molecular complexity index is 887. The van der Waals surface area contributed by atoms with Gasteiger partial charge in [0.25, 0.3) is 0 Å². The molecule has 1 aromatic carbocycles. The van der Waals surface area contributed by atoms with Crippen LogP contribution in [0, 0.1) is 13.8 Å². The van der Waals surface area contributed by atoms with E-state index in [0.717, 1.165) is 30.1 Å². The van der Waals surface area contributed by atoms with Gasteiger partial charge in [-0.05, 0) is 43.9 Å². The highest BCUT2D eigenvalue weighted by atomic mass is 127. The Morgan fingerprint density at radius 2 is 2.04 bits per heavy atom. The first kappa shape index (κ1) is 22.6. The summed E-state index contributed by atoms with van der Waals surface area (Å²) in [6, 6.07) is 12.3. The number of halogens is 1. The summed E-state index contributed by atoms with van der Waals surface area (Å²) in [5, 5.41) is 22.6. The molecule has 0 spiro atoms. The summed E-state index contributed by atoms with van der Waals surface area (Å²) in [6.07, 6.45) is 0.386. The van der Waals surface area contributed by atoms with Gasteiger partial charge in [-0.2, -0.15) is 5.10 Å². The van der Waals surface area contributed by atoms with Gasteiger partial charge < -0.3 is 15.7 Å². The van der Waals surface area contributed by atoms with Crippen molar-refractivity contribution in [3.8, 4) is 0 Å². The first-order valence-electron chi connectivity index (χ1n) is 9.19. The third-order valence-electron chi connectivity index (χ3n) is 4.40. The molecule has 2 heterocycles. The Balaban J connectivity index is 0.00000280. The van der Waals surface area contributed by atoms with Crippen molar-refractivity contribution < 1.29 is 5.11 Å². The molecule has 0 aliphatic carbocycles. The molecular weight excluding hydrogens is 485 g/mol. The minimum atomic E-state index is -0.560. The first-order valence-corrected chi connectivity index (χ1v) is 10.0. The number of hydrogen-bond acceptors (Lipinski definition) is 4. The predicted molar refractivity (Wildman–Crippen MR) is 128 cm³/mol. The zero-order valence-electron chi connectivity index (χ0n) is 16.5. The van der Waals surface area contributed by atoms with Crippen molar-refractivity contribution in [2.24, 2.45) is 4.99 Å². The molecule has 0 fully saturated rings. The second-order valence-electron chi connectivity index (χ2n) is 6.59. The predicted octanol–water partition coefficient (Wildman–Crippen LogP) is 3.62. The molecule has 6 nitrogen and oxygen atoms in total. The summed E-state index contributed by atoms with van der Waals surface area (Å²) in [5.41, 5.74) is 2.23.